The van der Waals surface area contributed by atoms with Gasteiger partial charge in [-0.05, 0) is 31.6 Å². The minimum absolute atomic E-state index is 0.0492. The molecule has 1 N–H and O–H groups in total. The lowest BCUT2D eigenvalue weighted by molar-refractivity contribution is -0.155. The number of likely N-dealkylation sites (tertiary alicyclic amines) is 1. The molecule has 3 rings (SSSR count). The van der Waals surface area contributed by atoms with Gasteiger partial charge in [0, 0.05) is 13.2 Å². The number of aliphatic hydroxyl groups excluding tert-OH is 1. The van der Waals surface area contributed by atoms with Crippen LogP contribution in [0.3, 0.4) is 0 Å². The second-order valence-corrected chi connectivity index (χ2v) is 6.47. The Bertz CT molecular complexity index is 392. The Balaban J connectivity index is 1.85. The van der Waals surface area contributed by atoms with E-state index < -0.39 is 5.54 Å². The standard InChI is InChI=1S/C15H23NO4/c1-2-10-7-11-12(8-10)14(19)16(13(11)18)15(9-17)3-5-20-6-4-15/h10-12,17H,2-9H2,1H3. The first-order valence-corrected chi connectivity index (χ1v) is 7.69. The summed E-state index contributed by atoms with van der Waals surface area (Å²) in [4.78, 5) is 26.8. The fourth-order valence-electron chi connectivity index (χ4n) is 4.13. The number of aliphatic hydroxyl groups is 1. The molecule has 20 heavy (non-hydrogen) atoms. The van der Waals surface area contributed by atoms with E-state index in [2.05, 4.69) is 6.92 Å². The molecule has 0 aromatic carbocycles. The second kappa shape index (κ2) is 5.11. The molecular formula is C15H23NO4. The zero-order chi connectivity index (χ0) is 14.3. The first kappa shape index (κ1) is 14.0. The molecule has 1 saturated carbocycles. The molecule has 3 aliphatic rings. The van der Waals surface area contributed by atoms with E-state index in [1.54, 1.807) is 0 Å². The Morgan fingerprint density at radius 3 is 2.20 bits per heavy atom. The minimum atomic E-state index is -0.710. The van der Waals surface area contributed by atoms with Crippen molar-refractivity contribution in [2.75, 3.05) is 19.8 Å². The molecule has 0 aromatic rings. The minimum Gasteiger partial charge on any atom is -0.394 e. The van der Waals surface area contributed by atoms with Crippen molar-refractivity contribution in [1.29, 1.82) is 0 Å². The van der Waals surface area contributed by atoms with Gasteiger partial charge in [-0.1, -0.05) is 13.3 Å². The number of ether oxygens (including phenoxy) is 1. The average molecular weight is 281 g/mol. The lowest BCUT2D eigenvalue weighted by atomic mass is 9.88. The van der Waals surface area contributed by atoms with Gasteiger partial charge in [0.05, 0.1) is 24.0 Å². The van der Waals surface area contributed by atoms with Crippen LogP contribution in [0.25, 0.3) is 0 Å². The Labute approximate surface area is 119 Å². The molecule has 2 amide bonds. The van der Waals surface area contributed by atoms with E-state index >= 15 is 0 Å². The third-order valence-electron chi connectivity index (χ3n) is 5.50. The van der Waals surface area contributed by atoms with Crippen LogP contribution < -0.4 is 0 Å². The SMILES string of the molecule is CCC1CC2C(=O)N(C3(CO)CCOCC3)C(=O)C2C1. The Hall–Kier alpha value is -0.940. The summed E-state index contributed by atoms with van der Waals surface area (Å²) in [7, 11) is 0. The van der Waals surface area contributed by atoms with E-state index in [1.807, 2.05) is 0 Å². The van der Waals surface area contributed by atoms with Gasteiger partial charge in [-0.15, -0.1) is 0 Å². The van der Waals surface area contributed by atoms with Crippen LogP contribution >= 0.6 is 0 Å². The van der Waals surface area contributed by atoms with Gasteiger partial charge in [-0.25, -0.2) is 0 Å². The van der Waals surface area contributed by atoms with Crippen LogP contribution in [0.15, 0.2) is 0 Å². The van der Waals surface area contributed by atoms with Gasteiger partial charge in [-0.2, -0.15) is 0 Å². The maximum absolute atomic E-state index is 12.7. The molecule has 112 valence electrons. The number of amides is 2. The number of fused-ring (bicyclic) bond motifs is 1. The molecule has 2 atom stereocenters. The van der Waals surface area contributed by atoms with Gasteiger partial charge in [0.1, 0.15) is 0 Å². The highest BCUT2D eigenvalue weighted by Gasteiger charge is 2.58. The van der Waals surface area contributed by atoms with Crippen LogP contribution in [-0.4, -0.2) is 47.2 Å². The fraction of sp³-hybridized carbons (Fsp3) is 0.867. The highest BCUT2D eigenvalue weighted by molar-refractivity contribution is 6.06. The summed E-state index contributed by atoms with van der Waals surface area (Å²) in [5.41, 5.74) is -0.710. The summed E-state index contributed by atoms with van der Waals surface area (Å²) in [6.45, 7) is 2.98. The molecule has 1 aliphatic carbocycles. The van der Waals surface area contributed by atoms with E-state index in [0.29, 0.717) is 32.0 Å². The average Bonchev–Trinajstić information content (AvgIpc) is 3.00. The van der Waals surface area contributed by atoms with E-state index in [1.165, 1.54) is 4.90 Å². The number of hydrogen-bond acceptors (Lipinski definition) is 4. The molecular weight excluding hydrogens is 258 g/mol. The third-order valence-corrected chi connectivity index (χ3v) is 5.50. The molecule has 0 bridgehead atoms. The summed E-state index contributed by atoms with van der Waals surface area (Å²) in [6.07, 6.45) is 3.81. The lowest BCUT2D eigenvalue weighted by Crippen LogP contribution is -2.57. The predicted molar refractivity (Wildman–Crippen MR) is 71.7 cm³/mol. The lowest BCUT2D eigenvalue weighted by Gasteiger charge is -2.42. The van der Waals surface area contributed by atoms with Crippen molar-refractivity contribution in [2.24, 2.45) is 17.8 Å². The third kappa shape index (κ3) is 1.91. The Morgan fingerprint density at radius 2 is 1.75 bits per heavy atom. The van der Waals surface area contributed by atoms with Crippen molar-refractivity contribution in [3.63, 3.8) is 0 Å². The molecule has 5 nitrogen and oxygen atoms in total. The van der Waals surface area contributed by atoms with Crippen LogP contribution in [0, 0.1) is 17.8 Å². The number of imide groups is 1. The number of carbonyl (C=O) groups excluding carboxylic acids is 2. The van der Waals surface area contributed by atoms with Crippen LogP contribution in [0.1, 0.15) is 39.0 Å². The van der Waals surface area contributed by atoms with Gasteiger partial charge in [0.15, 0.2) is 0 Å². The largest absolute Gasteiger partial charge is 0.394 e. The molecule has 2 saturated heterocycles. The molecule has 0 radical (unpaired) electrons. The van der Waals surface area contributed by atoms with Crippen molar-refractivity contribution >= 4 is 11.8 Å². The smallest absolute Gasteiger partial charge is 0.233 e. The number of carbonyl (C=O) groups is 2. The summed E-state index contributed by atoms with van der Waals surface area (Å²) < 4.78 is 5.32. The van der Waals surface area contributed by atoms with E-state index in [-0.39, 0.29) is 30.3 Å². The molecule has 0 spiro atoms. The maximum atomic E-state index is 12.7. The van der Waals surface area contributed by atoms with Gasteiger partial charge >= 0.3 is 0 Å². The normalized spacial score (nSPS) is 36.5. The van der Waals surface area contributed by atoms with Gasteiger partial charge in [0.2, 0.25) is 11.8 Å². The zero-order valence-corrected chi connectivity index (χ0v) is 12.0. The van der Waals surface area contributed by atoms with Crippen molar-refractivity contribution in [3.05, 3.63) is 0 Å². The highest BCUT2D eigenvalue weighted by Crippen LogP contribution is 2.47. The number of nitrogens with zero attached hydrogens (tertiary/aromatic N) is 1. The first-order valence-electron chi connectivity index (χ1n) is 7.69. The van der Waals surface area contributed by atoms with Gasteiger partial charge < -0.3 is 9.84 Å². The first-order chi connectivity index (χ1) is 9.63. The summed E-state index contributed by atoms with van der Waals surface area (Å²) in [6, 6.07) is 0. The van der Waals surface area contributed by atoms with Crippen molar-refractivity contribution in [1.82, 2.24) is 4.90 Å². The molecule has 3 fully saturated rings. The maximum Gasteiger partial charge on any atom is 0.233 e. The highest BCUT2D eigenvalue weighted by atomic mass is 16.5. The van der Waals surface area contributed by atoms with Crippen LogP contribution in [0.2, 0.25) is 0 Å². The van der Waals surface area contributed by atoms with Crippen LogP contribution in [0.5, 0.6) is 0 Å². The molecule has 2 heterocycles. The van der Waals surface area contributed by atoms with E-state index in [4.69, 9.17) is 4.74 Å². The Kier molecular flexibility index (Phi) is 3.58. The monoisotopic (exact) mass is 281 g/mol. The van der Waals surface area contributed by atoms with E-state index in [9.17, 15) is 14.7 Å². The summed E-state index contributed by atoms with van der Waals surface area (Å²) in [5, 5.41) is 9.80. The van der Waals surface area contributed by atoms with Crippen molar-refractivity contribution in [3.8, 4) is 0 Å². The Morgan fingerprint density at radius 1 is 1.20 bits per heavy atom. The van der Waals surface area contributed by atoms with E-state index in [0.717, 1.165) is 19.3 Å². The van der Waals surface area contributed by atoms with Gasteiger partial charge in [0.25, 0.3) is 0 Å². The summed E-state index contributed by atoms with van der Waals surface area (Å²) >= 11 is 0. The quantitative estimate of drug-likeness (QED) is 0.782. The molecule has 5 heteroatoms. The predicted octanol–water partition coefficient (Wildman–Crippen LogP) is 0.949. The van der Waals surface area contributed by atoms with Gasteiger partial charge in [-0.3, -0.25) is 14.5 Å². The van der Waals surface area contributed by atoms with Crippen LogP contribution in [-0.2, 0) is 14.3 Å². The van der Waals surface area contributed by atoms with Crippen molar-refractivity contribution < 1.29 is 19.4 Å². The number of hydrogen-bond donors (Lipinski definition) is 1. The topological polar surface area (TPSA) is 66.8 Å². The molecule has 0 aromatic heterocycles. The zero-order valence-electron chi connectivity index (χ0n) is 12.0. The molecule has 2 aliphatic heterocycles. The van der Waals surface area contributed by atoms with Crippen molar-refractivity contribution in [2.45, 2.75) is 44.6 Å². The second-order valence-electron chi connectivity index (χ2n) is 6.47. The summed E-state index contributed by atoms with van der Waals surface area (Å²) in [5.74, 6) is 0.121. The fourth-order valence-corrected chi connectivity index (χ4v) is 4.13. The van der Waals surface area contributed by atoms with Crippen LogP contribution in [0.4, 0.5) is 0 Å². The molecule has 2 unspecified atom stereocenters. The number of rotatable bonds is 3.